The van der Waals surface area contributed by atoms with Crippen LogP contribution in [0.25, 0.3) is 0 Å². The van der Waals surface area contributed by atoms with E-state index in [1.807, 2.05) is 35.7 Å². The maximum absolute atomic E-state index is 12.2. The van der Waals surface area contributed by atoms with Crippen molar-refractivity contribution in [2.24, 2.45) is 0 Å². The maximum Gasteiger partial charge on any atom is 0.257 e. The van der Waals surface area contributed by atoms with E-state index in [1.54, 1.807) is 18.3 Å². The first-order chi connectivity index (χ1) is 11.3. The van der Waals surface area contributed by atoms with E-state index >= 15 is 0 Å². The predicted molar refractivity (Wildman–Crippen MR) is 92.2 cm³/mol. The summed E-state index contributed by atoms with van der Waals surface area (Å²) < 4.78 is 5.74. The molecule has 0 unspecified atom stereocenters. The molecular formula is C18H16N2O2S. The van der Waals surface area contributed by atoms with Gasteiger partial charge in [-0.15, -0.1) is 11.3 Å². The van der Waals surface area contributed by atoms with Crippen LogP contribution in [0.4, 0.5) is 5.13 Å². The van der Waals surface area contributed by atoms with Gasteiger partial charge in [-0.2, -0.15) is 0 Å². The predicted octanol–water partition coefficient (Wildman–Crippen LogP) is 4.02. The second kappa shape index (κ2) is 7.56. The van der Waals surface area contributed by atoms with Gasteiger partial charge >= 0.3 is 0 Å². The first-order valence-corrected chi connectivity index (χ1v) is 8.17. The first-order valence-electron chi connectivity index (χ1n) is 7.29. The number of ether oxygens (including phenoxy) is 1. The number of hydrogen-bond donors (Lipinski definition) is 1. The molecule has 0 aliphatic carbocycles. The van der Waals surface area contributed by atoms with Crippen molar-refractivity contribution >= 4 is 22.4 Å². The zero-order valence-electron chi connectivity index (χ0n) is 12.4. The van der Waals surface area contributed by atoms with Gasteiger partial charge in [0, 0.05) is 23.6 Å². The second-order valence-corrected chi connectivity index (χ2v) is 5.80. The average Bonchev–Trinajstić information content (AvgIpc) is 3.09. The Morgan fingerprint density at radius 3 is 2.78 bits per heavy atom. The molecule has 116 valence electrons. The highest BCUT2D eigenvalue weighted by Crippen LogP contribution is 2.17. The Kier molecular flexibility index (Phi) is 5.01. The van der Waals surface area contributed by atoms with Crippen LogP contribution in [0.1, 0.15) is 15.9 Å². The van der Waals surface area contributed by atoms with E-state index in [2.05, 4.69) is 22.4 Å². The Labute approximate surface area is 138 Å². The van der Waals surface area contributed by atoms with Crippen molar-refractivity contribution in [3.8, 4) is 5.75 Å². The molecule has 0 saturated carbocycles. The van der Waals surface area contributed by atoms with Gasteiger partial charge in [0.05, 0.1) is 6.61 Å². The molecule has 0 bridgehead atoms. The lowest BCUT2D eigenvalue weighted by Gasteiger charge is -2.08. The molecule has 0 saturated heterocycles. The number of hydrogen-bond acceptors (Lipinski definition) is 4. The van der Waals surface area contributed by atoms with E-state index in [0.29, 0.717) is 23.1 Å². The van der Waals surface area contributed by atoms with Crippen LogP contribution in [-0.2, 0) is 6.42 Å². The van der Waals surface area contributed by atoms with Crippen molar-refractivity contribution in [2.75, 3.05) is 11.9 Å². The van der Waals surface area contributed by atoms with E-state index in [0.717, 1.165) is 6.42 Å². The molecule has 0 fully saturated rings. The van der Waals surface area contributed by atoms with Crippen molar-refractivity contribution in [1.29, 1.82) is 0 Å². The van der Waals surface area contributed by atoms with E-state index in [-0.39, 0.29) is 5.91 Å². The second-order valence-electron chi connectivity index (χ2n) is 4.90. The number of rotatable bonds is 6. The minimum atomic E-state index is -0.187. The molecule has 0 aliphatic rings. The maximum atomic E-state index is 12.2. The minimum Gasteiger partial charge on any atom is -0.493 e. The molecule has 1 aromatic heterocycles. The van der Waals surface area contributed by atoms with Crippen LogP contribution in [0.15, 0.2) is 66.2 Å². The van der Waals surface area contributed by atoms with Crippen molar-refractivity contribution in [3.05, 3.63) is 77.3 Å². The van der Waals surface area contributed by atoms with Gasteiger partial charge < -0.3 is 4.74 Å². The minimum absolute atomic E-state index is 0.187. The molecule has 1 amide bonds. The van der Waals surface area contributed by atoms with Gasteiger partial charge in [-0.25, -0.2) is 4.98 Å². The van der Waals surface area contributed by atoms with E-state index in [9.17, 15) is 4.79 Å². The van der Waals surface area contributed by atoms with Crippen LogP contribution >= 0.6 is 11.3 Å². The molecular weight excluding hydrogens is 308 g/mol. The smallest absolute Gasteiger partial charge is 0.257 e. The summed E-state index contributed by atoms with van der Waals surface area (Å²) in [6.45, 7) is 0.571. The molecule has 1 heterocycles. The third-order valence-corrected chi connectivity index (χ3v) is 3.94. The fourth-order valence-electron chi connectivity index (χ4n) is 2.11. The highest BCUT2D eigenvalue weighted by molar-refractivity contribution is 7.13. The Balaban J connectivity index is 1.57. The van der Waals surface area contributed by atoms with Gasteiger partial charge in [0.2, 0.25) is 0 Å². The molecule has 4 nitrogen and oxygen atoms in total. The molecule has 0 radical (unpaired) electrons. The van der Waals surface area contributed by atoms with E-state index in [4.69, 9.17) is 4.74 Å². The van der Waals surface area contributed by atoms with Crippen LogP contribution in [0, 0.1) is 0 Å². The SMILES string of the molecule is O=C(Nc1nccs1)c1cccc(OCCc2ccccc2)c1. The summed E-state index contributed by atoms with van der Waals surface area (Å²) in [7, 11) is 0. The zero-order valence-corrected chi connectivity index (χ0v) is 13.3. The number of carbonyl (C=O) groups excluding carboxylic acids is 1. The van der Waals surface area contributed by atoms with E-state index < -0.39 is 0 Å². The molecule has 0 spiro atoms. The molecule has 5 heteroatoms. The highest BCUT2D eigenvalue weighted by atomic mass is 32.1. The summed E-state index contributed by atoms with van der Waals surface area (Å²) in [5.41, 5.74) is 1.78. The number of anilines is 1. The molecule has 3 rings (SSSR count). The number of thiazole rings is 1. The number of aromatic nitrogens is 1. The number of carbonyl (C=O) groups is 1. The van der Waals surface area contributed by atoms with Gasteiger partial charge in [-0.1, -0.05) is 36.4 Å². The van der Waals surface area contributed by atoms with E-state index in [1.165, 1.54) is 16.9 Å². The number of benzene rings is 2. The van der Waals surface area contributed by atoms with Crippen LogP contribution in [-0.4, -0.2) is 17.5 Å². The lowest BCUT2D eigenvalue weighted by Crippen LogP contribution is -2.11. The van der Waals surface area contributed by atoms with Gasteiger partial charge in [0.25, 0.3) is 5.91 Å². The van der Waals surface area contributed by atoms with Crippen LogP contribution < -0.4 is 10.1 Å². The Morgan fingerprint density at radius 1 is 1.13 bits per heavy atom. The number of nitrogens with one attached hydrogen (secondary N) is 1. The molecule has 23 heavy (non-hydrogen) atoms. The van der Waals surface area contributed by atoms with Crippen molar-refractivity contribution in [1.82, 2.24) is 4.98 Å². The topological polar surface area (TPSA) is 51.2 Å². The molecule has 0 aliphatic heterocycles. The molecule has 0 atom stereocenters. The van der Waals surface area contributed by atoms with Crippen molar-refractivity contribution < 1.29 is 9.53 Å². The number of amides is 1. The molecule has 2 aromatic carbocycles. The average molecular weight is 324 g/mol. The van der Waals surface area contributed by atoms with Gasteiger partial charge in [0.1, 0.15) is 5.75 Å². The zero-order chi connectivity index (χ0) is 15.9. The fraction of sp³-hybridized carbons (Fsp3) is 0.111. The van der Waals surface area contributed by atoms with Crippen LogP contribution in [0.2, 0.25) is 0 Å². The quantitative estimate of drug-likeness (QED) is 0.745. The Morgan fingerprint density at radius 2 is 2.00 bits per heavy atom. The third-order valence-electron chi connectivity index (χ3n) is 3.25. The lowest BCUT2D eigenvalue weighted by molar-refractivity contribution is 0.102. The van der Waals surface area contributed by atoms with Gasteiger partial charge in [0.15, 0.2) is 5.13 Å². The monoisotopic (exact) mass is 324 g/mol. The summed E-state index contributed by atoms with van der Waals surface area (Å²) in [6, 6.07) is 17.3. The summed E-state index contributed by atoms with van der Waals surface area (Å²) in [6.07, 6.45) is 2.49. The largest absolute Gasteiger partial charge is 0.493 e. The summed E-state index contributed by atoms with van der Waals surface area (Å²) in [5, 5.41) is 5.17. The van der Waals surface area contributed by atoms with Crippen molar-refractivity contribution in [2.45, 2.75) is 6.42 Å². The summed E-state index contributed by atoms with van der Waals surface area (Å²) in [5.74, 6) is 0.501. The summed E-state index contributed by atoms with van der Waals surface area (Å²) >= 11 is 1.39. The van der Waals surface area contributed by atoms with Crippen LogP contribution in [0.3, 0.4) is 0 Å². The van der Waals surface area contributed by atoms with Gasteiger partial charge in [-0.3, -0.25) is 10.1 Å². The lowest BCUT2D eigenvalue weighted by atomic mass is 10.2. The van der Waals surface area contributed by atoms with Crippen molar-refractivity contribution in [3.63, 3.8) is 0 Å². The standard InChI is InChI=1S/C18H16N2O2S/c21-17(20-18-19-10-12-23-18)15-7-4-8-16(13-15)22-11-9-14-5-2-1-3-6-14/h1-8,10,12-13H,9,11H2,(H,19,20,21). The van der Waals surface area contributed by atoms with Gasteiger partial charge in [-0.05, 0) is 23.8 Å². The first kappa shape index (κ1) is 15.2. The Hall–Kier alpha value is -2.66. The molecule has 3 aromatic rings. The normalized spacial score (nSPS) is 10.3. The summed E-state index contributed by atoms with van der Waals surface area (Å²) in [4.78, 5) is 16.2. The Bertz CT molecular complexity index is 758. The third kappa shape index (κ3) is 4.40. The highest BCUT2D eigenvalue weighted by Gasteiger charge is 2.08. The van der Waals surface area contributed by atoms with Crippen LogP contribution in [0.5, 0.6) is 5.75 Å². The number of nitrogens with zero attached hydrogens (tertiary/aromatic N) is 1. The fourth-order valence-corrected chi connectivity index (χ4v) is 2.64. The molecule has 1 N–H and O–H groups in total.